The summed E-state index contributed by atoms with van der Waals surface area (Å²) in [5, 5.41) is 0. The number of hydrogen-bond donors (Lipinski definition) is 2. The summed E-state index contributed by atoms with van der Waals surface area (Å²) in [4.78, 5) is 0. The summed E-state index contributed by atoms with van der Waals surface area (Å²) >= 11 is 0. The Hall–Kier alpha value is -0.383. The Morgan fingerprint density at radius 2 is 1.54 bits per heavy atom. The van der Waals surface area contributed by atoms with Gasteiger partial charge in [0, 0.05) is 5.82 Å². The first kappa shape index (κ1) is 15.1. The van der Waals surface area contributed by atoms with Crippen molar-refractivity contribution in [1.29, 1.82) is 0 Å². The predicted octanol–water partition coefficient (Wildman–Crippen LogP) is -2.02. The number of rotatable bonds is 0. The fourth-order valence-electron chi connectivity index (χ4n) is 0.367. The van der Waals surface area contributed by atoms with Gasteiger partial charge in [0.2, 0.25) is 0 Å². The van der Waals surface area contributed by atoms with E-state index in [4.69, 9.17) is 17.5 Å². The number of hydrogen-bond acceptors (Lipinski definition) is 2. The summed E-state index contributed by atoms with van der Waals surface area (Å²) in [6.07, 6.45) is 0. The molecule has 0 spiro atoms. The van der Waals surface area contributed by atoms with Crippen LogP contribution in [-0.4, -0.2) is 17.5 Å². The number of halogens is 1. The van der Waals surface area contributed by atoms with Gasteiger partial charge in [0.25, 0.3) is 0 Å². The molecule has 4 nitrogen and oxygen atoms in total. The van der Waals surface area contributed by atoms with Crippen LogP contribution in [0.25, 0.3) is 0 Å². The molecular formula is C6H6FLiO4S. The molecule has 1 aromatic carbocycles. The van der Waals surface area contributed by atoms with Gasteiger partial charge in [-0.3, -0.25) is 9.11 Å². The van der Waals surface area contributed by atoms with Crippen LogP contribution in [0.15, 0.2) is 24.3 Å². The Bertz CT molecular complexity index is 305. The van der Waals surface area contributed by atoms with E-state index < -0.39 is 10.4 Å². The van der Waals surface area contributed by atoms with Crippen molar-refractivity contribution in [2.45, 2.75) is 0 Å². The molecule has 7 heteroatoms. The Morgan fingerprint density at radius 3 is 1.69 bits per heavy atom. The van der Waals surface area contributed by atoms with Crippen molar-refractivity contribution in [1.82, 2.24) is 0 Å². The van der Waals surface area contributed by atoms with E-state index in [1.807, 2.05) is 0 Å². The van der Waals surface area contributed by atoms with Gasteiger partial charge in [-0.1, -0.05) is 0 Å². The Kier molecular flexibility index (Phi) is 8.21. The third-order valence-corrected chi connectivity index (χ3v) is 0.678. The molecule has 0 bridgehead atoms. The van der Waals surface area contributed by atoms with E-state index in [9.17, 15) is 4.39 Å². The van der Waals surface area contributed by atoms with Crippen LogP contribution < -0.4 is 18.9 Å². The van der Waals surface area contributed by atoms with Gasteiger partial charge < -0.3 is 0 Å². The summed E-state index contributed by atoms with van der Waals surface area (Å²) in [6.45, 7) is 0. The maximum atomic E-state index is 11.9. The van der Waals surface area contributed by atoms with Crippen molar-refractivity contribution in [2.75, 3.05) is 0 Å². The molecule has 1 rings (SSSR count). The first-order valence-electron chi connectivity index (χ1n) is 2.71. The molecule has 0 amide bonds. The third kappa shape index (κ3) is 18.5. The zero-order chi connectivity index (χ0) is 9.61. The van der Waals surface area contributed by atoms with Gasteiger partial charge in [-0.25, -0.2) is 4.39 Å². The maximum Gasteiger partial charge on any atom is 1.00 e. The van der Waals surface area contributed by atoms with E-state index in [1.165, 1.54) is 24.3 Å². The van der Waals surface area contributed by atoms with Gasteiger partial charge >= 0.3 is 29.3 Å². The smallest absolute Gasteiger partial charge is 0.264 e. The Morgan fingerprint density at radius 1 is 1.23 bits per heavy atom. The molecule has 2 N–H and O–H groups in total. The molecule has 0 saturated carbocycles. The summed E-state index contributed by atoms with van der Waals surface area (Å²) < 4.78 is 43.5. The van der Waals surface area contributed by atoms with Crippen LogP contribution in [0.2, 0.25) is 0 Å². The van der Waals surface area contributed by atoms with E-state index in [1.54, 1.807) is 0 Å². The van der Waals surface area contributed by atoms with Crippen molar-refractivity contribution in [2.24, 2.45) is 0 Å². The fourth-order valence-corrected chi connectivity index (χ4v) is 0.367. The molecule has 0 aromatic heterocycles. The van der Waals surface area contributed by atoms with Crippen LogP contribution in [0, 0.1) is 11.9 Å². The summed E-state index contributed by atoms with van der Waals surface area (Å²) in [6, 6.07) is 8.49. The average Bonchev–Trinajstić information content (AvgIpc) is 1.85. The van der Waals surface area contributed by atoms with E-state index >= 15 is 0 Å². The molecule has 1 aromatic rings. The first-order chi connectivity index (χ1) is 5.39. The molecule has 0 radical (unpaired) electrons. The van der Waals surface area contributed by atoms with Gasteiger partial charge in [-0.2, -0.15) is 26.6 Å². The predicted molar refractivity (Wildman–Crippen MR) is 39.4 cm³/mol. The molecule has 0 aliphatic heterocycles. The van der Waals surface area contributed by atoms with Crippen LogP contribution in [0.4, 0.5) is 4.39 Å². The van der Waals surface area contributed by atoms with Gasteiger partial charge in [0.05, 0.1) is 0 Å². The topological polar surface area (TPSA) is 74.6 Å². The maximum absolute atomic E-state index is 11.9. The SMILES string of the molecule is Fc1cc[c-]cc1.O=S(=O)(O)O.[Li+]. The Labute approximate surface area is 87.5 Å². The molecule has 13 heavy (non-hydrogen) atoms. The van der Waals surface area contributed by atoms with Crippen LogP contribution in [0.3, 0.4) is 0 Å². The van der Waals surface area contributed by atoms with Crippen LogP contribution in [0.5, 0.6) is 0 Å². The molecule has 0 saturated heterocycles. The summed E-state index contributed by atoms with van der Waals surface area (Å²) in [5.74, 6) is -0.209. The molecule has 0 fully saturated rings. The second kappa shape index (κ2) is 7.06. The first-order valence-corrected chi connectivity index (χ1v) is 4.11. The number of benzene rings is 1. The Balaban J connectivity index is 0. The van der Waals surface area contributed by atoms with E-state index in [0.717, 1.165) is 0 Å². The molecule has 0 aliphatic carbocycles. The van der Waals surface area contributed by atoms with Crippen molar-refractivity contribution >= 4 is 10.4 Å². The van der Waals surface area contributed by atoms with Gasteiger partial charge in [-0.15, -0.1) is 12.1 Å². The minimum atomic E-state index is -4.67. The average molecular weight is 200 g/mol. The third-order valence-electron chi connectivity index (χ3n) is 0.678. The van der Waals surface area contributed by atoms with Crippen molar-refractivity contribution in [3.05, 3.63) is 36.1 Å². The van der Waals surface area contributed by atoms with Crippen LogP contribution in [0.1, 0.15) is 0 Å². The van der Waals surface area contributed by atoms with Gasteiger partial charge in [0.15, 0.2) is 0 Å². The molecular weight excluding hydrogens is 194 g/mol. The normalized spacial score (nSPS) is 9.15. The monoisotopic (exact) mass is 200 g/mol. The van der Waals surface area contributed by atoms with Gasteiger partial charge in [-0.05, 0) is 0 Å². The zero-order valence-corrected chi connectivity index (χ0v) is 7.62. The quantitative estimate of drug-likeness (QED) is 0.288. The molecule has 0 atom stereocenters. The van der Waals surface area contributed by atoms with E-state index in [2.05, 4.69) is 6.07 Å². The molecule has 0 aliphatic rings. The van der Waals surface area contributed by atoms with Crippen molar-refractivity contribution in [3.63, 3.8) is 0 Å². The summed E-state index contributed by atoms with van der Waals surface area (Å²) in [7, 11) is -4.67. The second-order valence-electron chi connectivity index (χ2n) is 1.67. The molecule has 0 heterocycles. The summed E-state index contributed by atoms with van der Waals surface area (Å²) in [5.41, 5.74) is 0. The van der Waals surface area contributed by atoms with E-state index in [-0.39, 0.29) is 24.7 Å². The zero-order valence-electron chi connectivity index (χ0n) is 6.81. The fraction of sp³-hybridized carbons (Fsp3) is 0. The second-order valence-corrected chi connectivity index (χ2v) is 2.56. The largest absolute Gasteiger partial charge is 1.00 e. The molecule has 68 valence electrons. The van der Waals surface area contributed by atoms with E-state index in [0.29, 0.717) is 0 Å². The van der Waals surface area contributed by atoms with Crippen LogP contribution in [-0.2, 0) is 10.4 Å². The van der Waals surface area contributed by atoms with Crippen molar-refractivity contribution in [3.8, 4) is 0 Å². The molecule has 0 unspecified atom stereocenters. The van der Waals surface area contributed by atoms with Gasteiger partial charge in [0.1, 0.15) is 0 Å². The van der Waals surface area contributed by atoms with Crippen LogP contribution >= 0.6 is 0 Å². The minimum absolute atomic E-state index is 0. The van der Waals surface area contributed by atoms with Crippen molar-refractivity contribution < 1.29 is 40.8 Å². The minimum Gasteiger partial charge on any atom is -0.264 e. The standard InChI is InChI=1S/C6H4F.Li.H2O4S/c7-6-4-2-1-3-5-6;;1-5(2,3)4/h2-5H;;(H2,1,2,3,4)/q-1;+1;.